The largest absolute Gasteiger partial charge is 0.467 e. The summed E-state index contributed by atoms with van der Waals surface area (Å²) in [6.07, 6.45) is 1.90. The Labute approximate surface area is 150 Å². The molecule has 26 heavy (non-hydrogen) atoms. The molecule has 0 aromatic carbocycles. The Morgan fingerprint density at radius 2 is 2.19 bits per heavy atom. The zero-order valence-corrected chi connectivity index (χ0v) is 14.9. The first kappa shape index (κ1) is 18.4. The predicted octanol–water partition coefficient (Wildman–Crippen LogP) is -0.525. The second-order valence-electron chi connectivity index (χ2n) is 6.53. The van der Waals surface area contributed by atoms with Crippen molar-refractivity contribution in [2.45, 2.75) is 25.4 Å². The van der Waals surface area contributed by atoms with E-state index in [1.807, 2.05) is 0 Å². The molecule has 9 nitrogen and oxygen atoms in total. The van der Waals surface area contributed by atoms with Crippen molar-refractivity contribution in [2.75, 3.05) is 24.7 Å². The van der Waals surface area contributed by atoms with Crippen molar-refractivity contribution in [3.8, 4) is 0 Å². The van der Waals surface area contributed by atoms with Crippen LogP contribution in [-0.4, -0.2) is 61.8 Å². The summed E-state index contributed by atoms with van der Waals surface area (Å²) in [6, 6.07) is 3.02. The molecular formula is C16H20N2O7S. The van der Waals surface area contributed by atoms with Crippen LogP contribution in [0, 0.1) is 5.92 Å². The van der Waals surface area contributed by atoms with Crippen LogP contribution in [0.5, 0.6) is 0 Å². The molecule has 0 saturated carbocycles. The number of amides is 2. The van der Waals surface area contributed by atoms with E-state index in [4.69, 9.17) is 9.15 Å². The van der Waals surface area contributed by atoms with Crippen LogP contribution in [-0.2, 0) is 35.5 Å². The maximum atomic E-state index is 12.1. The molecule has 2 aliphatic rings. The Hall–Kier alpha value is -2.36. The van der Waals surface area contributed by atoms with Crippen LogP contribution in [0.25, 0.3) is 0 Å². The number of likely N-dealkylation sites (tertiary alicyclic amines) is 1. The van der Waals surface area contributed by atoms with Crippen LogP contribution in [0.4, 0.5) is 0 Å². The molecule has 0 spiro atoms. The number of sulfone groups is 1. The van der Waals surface area contributed by atoms with Gasteiger partial charge in [-0.25, -0.2) is 8.42 Å². The SMILES string of the molecule is O=C(COC(=O)[C@@H]1CC(=O)N(Cc2ccco2)C1)N[C@@H]1CCS(=O)(=O)C1. The second-order valence-corrected chi connectivity index (χ2v) is 8.76. The molecule has 0 aliphatic carbocycles. The Kier molecular flexibility index (Phi) is 5.30. The van der Waals surface area contributed by atoms with Crippen LogP contribution in [0.2, 0.25) is 0 Å². The Morgan fingerprint density at radius 1 is 1.38 bits per heavy atom. The lowest BCUT2D eigenvalue weighted by molar-refractivity contribution is -0.152. The van der Waals surface area contributed by atoms with Crippen LogP contribution in [0.3, 0.4) is 0 Å². The number of ether oxygens (including phenoxy) is 1. The quantitative estimate of drug-likeness (QED) is 0.654. The smallest absolute Gasteiger partial charge is 0.311 e. The number of esters is 1. The van der Waals surface area contributed by atoms with E-state index in [0.29, 0.717) is 12.2 Å². The monoisotopic (exact) mass is 384 g/mol. The molecule has 142 valence electrons. The van der Waals surface area contributed by atoms with E-state index >= 15 is 0 Å². The van der Waals surface area contributed by atoms with Gasteiger partial charge in [0, 0.05) is 19.0 Å². The lowest BCUT2D eigenvalue weighted by Gasteiger charge is -2.15. The third-order valence-electron chi connectivity index (χ3n) is 4.42. The Morgan fingerprint density at radius 3 is 2.85 bits per heavy atom. The number of hydrogen-bond donors (Lipinski definition) is 1. The number of furan rings is 1. The predicted molar refractivity (Wildman–Crippen MR) is 88.4 cm³/mol. The fraction of sp³-hybridized carbons (Fsp3) is 0.562. The van der Waals surface area contributed by atoms with Gasteiger partial charge in [0.05, 0.1) is 30.2 Å². The van der Waals surface area contributed by atoms with Crippen molar-refractivity contribution in [3.05, 3.63) is 24.2 Å². The summed E-state index contributed by atoms with van der Waals surface area (Å²) in [4.78, 5) is 37.4. The minimum absolute atomic E-state index is 0.0298. The summed E-state index contributed by atoms with van der Waals surface area (Å²) in [5, 5.41) is 2.54. The van der Waals surface area contributed by atoms with Crippen molar-refractivity contribution in [2.24, 2.45) is 5.92 Å². The summed E-state index contributed by atoms with van der Waals surface area (Å²) < 4.78 is 32.9. The van der Waals surface area contributed by atoms with Crippen molar-refractivity contribution in [1.82, 2.24) is 10.2 Å². The Balaban J connectivity index is 1.42. The minimum atomic E-state index is -3.09. The molecule has 1 N–H and O–H groups in total. The lowest BCUT2D eigenvalue weighted by Crippen LogP contribution is -2.38. The summed E-state index contributed by atoms with van der Waals surface area (Å²) in [5.41, 5.74) is 0. The van der Waals surface area contributed by atoms with Crippen LogP contribution in [0.1, 0.15) is 18.6 Å². The molecule has 3 heterocycles. The molecule has 2 aliphatic heterocycles. The molecule has 0 bridgehead atoms. The fourth-order valence-corrected chi connectivity index (χ4v) is 4.78. The number of hydrogen-bond acceptors (Lipinski definition) is 7. The van der Waals surface area contributed by atoms with E-state index in [1.165, 1.54) is 11.2 Å². The highest BCUT2D eigenvalue weighted by Crippen LogP contribution is 2.21. The number of rotatable bonds is 6. The number of nitrogens with one attached hydrogen (secondary N) is 1. The standard InChI is InChI=1S/C16H20N2O7S/c19-14(17-12-3-5-26(22,23)10-12)9-25-16(21)11-6-15(20)18(7-11)8-13-2-1-4-24-13/h1-2,4,11-12H,3,5-10H2,(H,17,19)/t11-,12-/m1/s1. The lowest BCUT2D eigenvalue weighted by atomic mass is 10.1. The summed E-state index contributed by atoms with van der Waals surface area (Å²) >= 11 is 0. The average molecular weight is 384 g/mol. The normalized spacial score (nSPS) is 24.6. The molecule has 2 saturated heterocycles. The van der Waals surface area contributed by atoms with E-state index in [1.54, 1.807) is 12.1 Å². The third kappa shape index (κ3) is 4.63. The van der Waals surface area contributed by atoms with Gasteiger partial charge in [0.15, 0.2) is 16.4 Å². The van der Waals surface area contributed by atoms with Crippen LogP contribution < -0.4 is 5.32 Å². The summed E-state index contributed by atoms with van der Waals surface area (Å²) in [5.74, 6) is -1.38. The molecule has 10 heteroatoms. The van der Waals surface area contributed by atoms with Gasteiger partial charge in [-0.05, 0) is 18.6 Å². The van der Waals surface area contributed by atoms with E-state index in [0.717, 1.165) is 0 Å². The van der Waals surface area contributed by atoms with Gasteiger partial charge in [-0.2, -0.15) is 0 Å². The first-order chi connectivity index (χ1) is 12.3. The highest BCUT2D eigenvalue weighted by atomic mass is 32.2. The highest BCUT2D eigenvalue weighted by molar-refractivity contribution is 7.91. The summed E-state index contributed by atoms with van der Waals surface area (Å²) in [7, 11) is -3.09. The highest BCUT2D eigenvalue weighted by Gasteiger charge is 2.36. The van der Waals surface area contributed by atoms with Crippen LogP contribution in [0.15, 0.2) is 22.8 Å². The second kappa shape index (κ2) is 7.48. The van der Waals surface area contributed by atoms with E-state index in [-0.39, 0.29) is 36.9 Å². The number of carbonyl (C=O) groups is 3. The molecule has 2 amide bonds. The maximum absolute atomic E-state index is 12.1. The first-order valence-electron chi connectivity index (χ1n) is 8.29. The first-order valence-corrected chi connectivity index (χ1v) is 10.1. The van der Waals surface area contributed by atoms with E-state index < -0.39 is 40.3 Å². The molecule has 2 atom stereocenters. The molecule has 0 radical (unpaired) electrons. The Bertz CT molecular complexity index is 788. The van der Waals surface area contributed by atoms with Gasteiger partial charge in [-0.15, -0.1) is 0 Å². The number of carbonyl (C=O) groups excluding carboxylic acids is 3. The molecule has 1 aromatic rings. The molecule has 3 rings (SSSR count). The minimum Gasteiger partial charge on any atom is -0.467 e. The van der Waals surface area contributed by atoms with Gasteiger partial charge in [0.25, 0.3) is 5.91 Å². The maximum Gasteiger partial charge on any atom is 0.311 e. The van der Waals surface area contributed by atoms with Crippen molar-refractivity contribution in [3.63, 3.8) is 0 Å². The molecule has 1 aromatic heterocycles. The summed E-state index contributed by atoms with van der Waals surface area (Å²) in [6.45, 7) is 0.00532. The van der Waals surface area contributed by atoms with Crippen molar-refractivity contribution >= 4 is 27.6 Å². The van der Waals surface area contributed by atoms with Gasteiger partial charge < -0.3 is 19.4 Å². The fourth-order valence-electron chi connectivity index (χ4n) is 3.11. The van der Waals surface area contributed by atoms with E-state index in [9.17, 15) is 22.8 Å². The molecule has 0 unspecified atom stereocenters. The molecule has 2 fully saturated rings. The number of nitrogens with zero attached hydrogens (tertiary/aromatic N) is 1. The average Bonchev–Trinajstić information content (AvgIpc) is 3.28. The van der Waals surface area contributed by atoms with Gasteiger partial charge in [-0.3, -0.25) is 14.4 Å². The van der Waals surface area contributed by atoms with E-state index in [2.05, 4.69) is 5.32 Å². The van der Waals surface area contributed by atoms with Crippen LogP contribution >= 0.6 is 0 Å². The topological polar surface area (TPSA) is 123 Å². The van der Waals surface area contributed by atoms with Gasteiger partial charge in [0.2, 0.25) is 5.91 Å². The van der Waals surface area contributed by atoms with Crippen molar-refractivity contribution < 1.29 is 32.0 Å². The van der Waals surface area contributed by atoms with Gasteiger partial charge in [0.1, 0.15) is 5.76 Å². The van der Waals surface area contributed by atoms with Gasteiger partial charge >= 0.3 is 5.97 Å². The van der Waals surface area contributed by atoms with Gasteiger partial charge in [-0.1, -0.05) is 0 Å². The van der Waals surface area contributed by atoms with Crippen molar-refractivity contribution in [1.29, 1.82) is 0 Å². The molecular weight excluding hydrogens is 364 g/mol. The third-order valence-corrected chi connectivity index (χ3v) is 6.19. The zero-order valence-electron chi connectivity index (χ0n) is 14.0. The zero-order chi connectivity index (χ0) is 18.7.